The smallest absolute Gasteiger partial charge is 0.340 e. The Labute approximate surface area is 377 Å². The van der Waals surface area contributed by atoms with Crippen LogP contribution < -0.4 is 26.8 Å². The Kier molecular flexibility index (Phi) is 21.6. The van der Waals surface area contributed by atoms with Crippen molar-refractivity contribution in [2.75, 3.05) is 33.0 Å². The molecule has 5 heterocycles. The highest BCUT2D eigenvalue weighted by atomic mass is 19.1. The zero-order chi connectivity index (χ0) is 48.2. The summed E-state index contributed by atoms with van der Waals surface area (Å²) < 4.78 is 26.5. The molecule has 5 N–H and O–H groups in total. The third kappa shape index (κ3) is 14.6. The van der Waals surface area contributed by atoms with E-state index in [4.69, 9.17) is 14.5 Å². The number of cyclic esters (lactones) is 1. The largest absolute Gasteiger partial charge is 0.458 e. The fraction of sp³-hybridized carbons (Fsp3) is 0.500. The highest BCUT2D eigenvalue weighted by Crippen LogP contribution is 2.39. The number of halogens is 1. The minimum absolute atomic E-state index is 0.0144. The van der Waals surface area contributed by atoms with Crippen molar-refractivity contribution in [1.82, 2.24) is 35.7 Å². The minimum Gasteiger partial charge on any atom is -0.458 e. The number of benzene rings is 1. The van der Waals surface area contributed by atoms with Gasteiger partial charge in [0.25, 0.3) is 17.4 Å². The number of carbonyl (C=O) groups excluding carboxylic acids is 7. The molecule has 19 heteroatoms. The van der Waals surface area contributed by atoms with Gasteiger partial charge < -0.3 is 40.4 Å². The number of nitrogens with one attached hydrogen (secondary N) is 4. The van der Waals surface area contributed by atoms with Crippen LogP contribution in [0.25, 0.3) is 22.3 Å². The van der Waals surface area contributed by atoms with Crippen molar-refractivity contribution >= 4 is 52.8 Å². The van der Waals surface area contributed by atoms with Gasteiger partial charge in [-0.3, -0.25) is 38.5 Å². The van der Waals surface area contributed by atoms with Crippen molar-refractivity contribution in [2.24, 2.45) is 0 Å². The van der Waals surface area contributed by atoms with Gasteiger partial charge in [0.1, 0.15) is 19.2 Å². The Morgan fingerprint density at radius 2 is 1.63 bits per heavy atom. The number of nitrogens with zero attached hydrogens (tertiary/aromatic N) is 3. The second-order valence-electron chi connectivity index (χ2n) is 15.0. The van der Waals surface area contributed by atoms with Crippen LogP contribution in [0.3, 0.4) is 0 Å². The van der Waals surface area contributed by atoms with Gasteiger partial charge in [-0.05, 0) is 76.1 Å². The first-order chi connectivity index (χ1) is 31.2. The molecule has 1 unspecified atom stereocenters. The van der Waals surface area contributed by atoms with E-state index in [2.05, 4.69) is 21.3 Å². The fourth-order valence-corrected chi connectivity index (χ4v) is 7.05. The van der Waals surface area contributed by atoms with Gasteiger partial charge in [-0.2, -0.15) is 0 Å². The molecule has 65 heavy (non-hydrogen) atoms. The van der Waals surface area contributed by atoms with E-state index in [0.29, 0.717) is 80.6 Å². The predicted octanol–water partition coefficient (Wildman–Crippen LogP) is 3.29. The van der Waals surface area contributed by atoms with Crippen LogP contribution in [-0.4, -0.2) is 100 Å². The van der Waals surface area contributed by atoms with Crippen LogP contribution in [0.1, 0.15) is 114 Å². The summed E-state index contributed by atoms with van der Waals surface area (Å²) in [6.45, 7) is 14.1. The summed E-state index contributed by atoms with van der Waals surface area (Å²) >= 11 is 0. The molecule has 3 aromatic rings. The lowest BCUT2D eigenvalue weighted by atomic mass is 9.94. The molecule has 3 aliphatic heterocycles. The first kappa shape index (κ1) is 53.0. The lowest BCUT2D eigenvalue weighted by Gasteiger charge is -2.21. The van der Waals surface area contributed by atoms with Gasteiger partial charge in [0.05, 0.1) is 42.1 Å². The average Bonchev–Trinajstić information content (AvgIpc) is 3.82. The number of hydrogen-bond acceptors (Lipinski definition) is 12. The summed E-state index contributed by atoms with van der Waals surface area (Å²) in [7, 11) is 0. The molecule has 6 rings (SSSR count). The van der Waals surface area contributed by atoms with Gasteiger partial charge in [-0.1, -0.05) is 34.1 Å². The highest BCUT2D eigenvalue weighted by Gasteiger charge is 2.35. The Hall–Kier alpha value is -6.34. The topological polar surface area (TPSA) is 244 Å². The molecule has 3 aliphatic rings. The predicted molar refractivity (Wildman–Crippen MR) is 239 cm³/mol. The summed E-state index contributed by atoms with van der Waals surface area (Å²) in [4.78, 5) is 98.3. The number of aliphatic hydroxyl groups excluding tert-OH is 1. The Morgan fingerprint density at radius 1 is 0.923 bits per heavy atom. The molecule has 0 radical (unpaired) electrons. The van der Waals surface area contributed by atoms with Crippen LogP contribution in [0.5, 0.6) is 0 Å². The molecule has 0 spiro atoms. The number of pyridine rings is 2. The molecule has 0 fully saturated rings. The average molecular weight is 908 g/mol. The number of hydrogen-bond donors (Lipinski definition) is 5. The number of esters is 1. The number of aromatic nitrogens is 2. The fourth-order valence-electron chi connectivity index (χ4n) is 7.05. The van der Waals surface area contributed by atoms with E-state index in [0.717, 1.165) is 22.9 Å². The van der Waals surface area contributed by atoms with Crippen LogP contribution in [0, 0.1) is 12.7 Å². The van der Waals surface area contributed by atoms with E-state index in [1.54, 1.807) is 23.6 Å². The van der Waals surface area contributed by atoms with Gasteiger partial charge in [-0.25, -0.2) is 14.2 Å². The van der Waals surface area contributed by atoms with Crippen molar-refractivity contribution < 1.29 is 52.5 Å². The van der Waals surface area contributed by atoms with E-state index in [1.807, 2.05) is 41.5 Å². The normalized spacial score (nSPS) is 14.1. The number of carbonyl (C=O) groups is 7. The summed E-state index contributed by atoms with van der Waals surface area (Å²) in [6, 6.07) is 4.80. The first-order valence-electron chi connectivity index (χ1n) is 22.0. The van der Waals surface area contributed by atoms with Crippen molar-refractivity contribution in [2.45, 2.75) is 119 Å². The number of fused-ring (bicyclic) bond motifs is 5. The van der Waals surface area contributed by atoms with Gasteiger partial charge >= 0.3 is 5.97 Å². The van der Waals surface area contributed by atoms with Crippen molar-refractivity contribution in [3.63, 3.8) is 0 Å². The molecular weight excluding hydrogens is 846 g/mol. The van der Waals surface area contributed by atoms with Crippen LogP contribution in [-0.2, 0) is 62.6 Å². The molecule has 6 amide bonds. The monoisotopic (exact) mass is 907 g/mol. The molecule has 0 aliphatic carbocycles. The summed E-state index contributed by atoms with van der Waals surface area (Å²) in [5.74, 6) is -2.50. The van der Waals surface area contributed by atoms with Gasteiger partial charge in [-0.15, -0.1) is 0 Å². The number of imide groups is 1. The maximum atomic E-state index is 14.5. The van der Waals surface area contributed by atoms with Crippen molar-refractivity contribution in [3.05, 3.63) is 74.3 Å². The van der Waals surface area contributed by atoms with Gasteiger partial charge in [0, 0.05) is 60.3 Å². The van der Waals surface area contributed by atoms with Crippen molar-refractivity contribution in [3.8, 4) is 11.4 Å². The molecule has 354 valence electrons. The second kappa shape index (κ2) is 26.4. The van der Waals surface area contributed by atoms with E-state index >= 15 is 0 Å². The molecule has 0 saturated heterocycles. The van der Waals surface area contributed by atoms with Gasteiger partial charge in [0.15, 0.2) is 6.10 Å². The summed E-state index contributed by atoms with van der Waals surface area (Å²) in [5.41, 5.74) is 3.79. The second-order valence-corrected chi connectivity index (χ2v) is 15.0. The lowest BCUT2D eigenvalue weighted by molar-refractivity contribution is -0.157. The first-order valence-corrected chi connectivity index (χ1v) is 22.0. The van der Waals surface area contributed by atoms with Gasteiger partial charge in [0.2, 0.25) is 24.1 Å². The molecule has 0 saturated carbocycles. The molecule has 0 bridgehead atoms. The molecule has 2 aromatic heterocycles. The maximum Gasteiger partial charge on any atom is 0.340 e. The Balaban J connectivity index is 0.000000368. The number of rotatable bonds is 19. The number of amides is 6. The molecular formula is C46H62FN7O11. The molecule has 1 atom stereocenters. The standard InChI is InChI=1S/C27H27FN4O7.C15H23N3O4.2C2H6/c1-14-6-16-15(4-2-3-5-38-13-30-23(34)9-29-12-33)18-10-32-22(24(18)31-21(16)8-20(14)28)7-17-19(26(32)36)11-39-27(37)25(17)35;1-11(2)17-13(20)10-16-12(19)6-4-3-5-9-18-14(21)7-8-15(18)22;2*1-2/h6-8,12,25,35H,2-5,9-11,13H2,1H3,(H,29,33)(H,30,34);7-8,11H,3-6,9-10H2,1-2H3,(H,16,19)(H,17,20);2*1-2H3. The van der Waals surface area contributed by atoms with Crippen LogP contribution >= 0.6 is 0 Å². The SMILES string of the molecule is CC.CC.CC(C)NC(=O)CNC(=O)CCCCCN1C(=O)C=CC1=O.Cc1cc2c(CCCCOCNC(=O)CNC=O)c3c(nc2cc1F)-c1cc2c(c(=O)n1C3)COC(=O)C2O. The van der Waals surface area contributed by atoms with Crippen molar-refractivity contribution in [1.29, 1.82) is 0 Å². The van der Waals surface area contributed by atoms with E-state index < -0.39 is 17.9 Å². The van der Waals surface area contributed by atoms with E-state index in [-0.39, 0.29) is 85.2 Å². The Morgan fingerprint density at radius 3 is 2.31 bits per heavy atom. The zero-order valence-corrected chi connectivity index (χ0v) is 38.3. The number of ether oxygens (including phenoxy) is 2. The van der Waals surface area contributed by atoms with E-state index in [9.17, 15) is 47.9 Å². The molecule has 18 nitrogen and oxygen atoms in total. The van der Waals surface area contributed by atoms with Crippen LogP contribution in [0.4, 0.5) is 4.39 Å². The third-order valence-electron chi connectivity index (χ3n) is 10.1. The van der Waals surface area contributed by atoms with Crippen LogP contribution in [0.2, 0.25) is 0 Å². The number of aryl methyl sites for hydroxylation is 2. The van der Waals surface area contributed by atoms with Crippen LogP contribution in [0.15, 0.2) is 35.1 Å². The summed E-state index contributed by atoms with van der Waals surface area (Å²) in [6.07, 6.45) is 5.80. The summed E-state index contributed by atoms with van der Waals surface area (Å²) in [5, 5.41) is 21.2. The quantitative estimate of drug-likeness (QED) is 0.0299. The zero-order valence-electron chi connectivity index (χ0n) is 38.3. The number of aliphatic hydroxyl groups is 1. The lowest BCUT2D eigenvalue weighted by Crippen LogP contribution is -2.39. The molecule has 1 aromatic carbocycles. The third-order valence-corrected chi connectivity index (χ3v) is 10.1. The minimum atomic E-state index is -1.55. The highest BCUT2D eigenvalue weighted by molar-refractivity contribution is 6.12. The Bertz CT molecular complexity index is 2280. The maximum absolute atomic E-state index is 14.5. The number of unbranched alkanes of at least 4 members (excludes halogenated alkanes) is 3. The van der Waals surface area contributed by atoms with E-state index in [1.165, 1.54) is 23.1 Å².